The summed E-state index contributed by atoms with van der Waals surface area (Å²) < 4.78 is 0. The van der Waals surface area contributed by atoms with Crippen LogP contribution in [0.4, 0.5) is 0 Å². The molecule has 1 aromatic rings. The molecule has 1 aliphatic carbocycles. The predicted octanol–water partition coefficient (Wildman–Crippen LogP) is 0.218. The van der Waals surface area contributed by atoms with Crippen LogP contribution < -0.4 is 5.56 Å². The summed E-state index contributed by atoms with van der Waals surface area (Å²) in [6, 6.07) is 3.16. The highest BCUT2D eigenvalue weighted by Crippen LogP contribution is 2.27. The van der Waals surface area contributed by atoms with E-state index in [4.69, 9.17) is 0 Å². The van der Waals surface area contributed by atoms with Gasteiger partial charge in [-0.15, -0.1) is 0 Å². The van der Waals surface area contributed by atoms with Crippen molar-refractivity contribution in [3.63, 3.8) is 0 Å². The molecule has 1 heterocycles. The summed E-state index contributed by atoms with van der Waals surface area (Å²) in [6.45, 7) is 0.588. The molecule has 1 saturated carbocycles. The SMILES string of the molecule is CN(CC1CC(O)C1)C(=O)c1ccc[nH]c1=O. The third-order valence-corrected chi connectivity index (χ3v) is 3.14. The van der Waals surface area contributed by atoms with Gasteiger partial charge in [0.1, 0.15) is 5.56 Å². The van der Waals surface area contributed by atoms with Crippen molar-refractivity contribution in [2.45, 2.75) is 18.9 Å². The van der Waals surface area contributed by atoms with Crippen LogP contribution in [0.1, 0.15) is 23.2 Å². The zero-order valence-electron chi connectivity index (χ0n) is 9.72. The van der Waals surface area contributed by atoms with E-state index in [1.54, 1.807) is 18.0 Å². The van der Waals surface area contributed by atoms with E-state index in [-0.39, 0.29) is 23.1 Å². The second-order valence-corrected chi connectivity index (χ2v) is 4.59. The van der Waals surface area contributed by atoms with Crippen LogP contribution >= 0.6 is 0 Å². The van der Waals surface area contributed by atoms with Crippen molar-refractivity contribution in [1.29, 1.82) is 0 Å². The molecule has 1 fully saturated rings. The minimum atomic E-state index is -0.363. The van der Waals surface area contributed by atoms with Gasteiger partial charge in [0.15, 0.2) is 0 Å². The lowest BCUT2D eigenvalue weighted by atomic mass is 9.82. The molecule has 92 valence electrons. The van der Waals surface area contributed by atoms with Crippen LogP contribution in [0, 0.1) is 5.92 Å². The molecule has 1 aromatic heterocycles. The summed E-state index contributed by atoms with van der Waals surface area (Å²) in [7, 11) is 1.68. The molecular formula is C12H16N2O3. The smallest absolute Gasteiger partial charge is 0.260 e. The summed E-state index contributed by atoms with van der Waals surface area (Å²) in [5.41, 5.74) is -0.201. The topological polar surface area (TPSA) is 73.4 Å². The number of hydrogen-bond donors (Lipinski definition) is 2. The Balaban J connectivity index is 2.00. The van der Waals surface area contributed by atoms with Gasteiger partial charge in [0.05, 0.1) is 6.10 Å². The zero-order valence-corrected chi connectivity index (χ0v) is 9.72. The van der Waals surface area contributed by atoms with E-state index in [0.717, 1.165) is 12.8 Å². The first kappa shape index (κ1) is 11.9. The quantitative estimate of drug-likeness (QED) is 0.788. The third-order valence-electron chi connectivity index (χ3n) is 3.14. The van der Waals surface area contributed by atoms with Crippen molar-refractivity contribution in [2.24, 2.45) is 5.92 Å². The number of amides is 1. The van der Waals surface area contributed by atoms with Gasteiger partial charge in [-0.25, -0.2) is 0 Å². The Bertz CT molecular complexity index is 463. The molecule has 0 atom stereocenters. The molecule has 2 N–H and O–H groups in total. The molecular weight excluding hydrogens is 220 g/mol. The maximum absolute atomic E-state index is 12.0. The molecule has 0 unspecified atom stereocenters. The van der Waals surface area contributed by atoms with Gasteiger partial charge >= 0.3 is 0 Å². The fourth-order valence-electron chi connectivity index (χ4n) is 2.12. The molecule has 0 spiro atoms. The molecule has 0 aromatic carbocycles. The molecule has 1 amide bonds. The van der Waals surface area contributed by atoms with Crippen LogP contribution in [-0.4, -0.2) is 40.6 Å². The van der Waals surface area contributed by atoms with E-state index in [0.29, 0.717) is 12.5 Å². The first-order valence-electron chi connectivity index (χ1n) is 5.69. The molecule has 1 aliphatic rings. The predicted molar refractivity (Wildman–Crippen MR) is 62.8 cm³/mol. The number of carbonyl (C=O) groups excluding carboxylic acids is 1. The lowest BCUT2D eigenvalue weighted by molar-refractivity contribution is 0.0265. The van der Waals surface area contributed by atoms with Crippen LogP contribution in [0.25, 0.3) is 0 Å². The molecule has 5 nitrogen and oxygen atoms in total. The fourth-order valence-corrected chi connectivity index (χ4v) is 2.12. The number of carbonyl (C=O) groups is 1. The number of aromatic nitrogens is 1. The summed E-state index contributed by atoms with van der Waals surface area (Å²) in [5, 5.41) is 9.17. The lowest BCUT2D eigenvalue weighted by Crippen LogP contribution is -2.40. The van der Waals surface area contributed by atoms with Gasteiger partial charge in [-0.2, -0.15) is 0 Å². The van der Waals surface area contributed by atoms with Crippen molar-refractivity contribution < 1.29 is 9.90 Å². The Morgan fingerprint density at radius 2 is 2.29 bits per heavy atom. The summed E-state index contributed by atoms with van der Waals surface area (Å²) in [4.78, 5) is 27.4. The lowest BCUT2D eigenvalue weighted by Gasteiger charge is -2.34. The average Bonchev–Trinajstić information content (AvgIpc) is 2.26. The molecule has 0 radical (unpaired) electrons. The largest absolute Gasteiger partial charge is 0.393 e. The minimum Gasteiger partial charge on any atom is -0.393 e. The van der Waals surface area contributed by atoms with E-state index in [1.807, 2.05) is 0 Å². The fraction of sp³-hybridized carbons (Fsp3) is 0.500. The summed E-state index contributed by atoms with van der Waals surface area (Å²) >= 11 is 0. The number of nitrogens with zero attached hydrogens (tertiary/aromatic N) is 1. The highest BCUT2D eigenvalue weighted by Gasteiger charge is 2.29. The number of aliphatic hydroxyl groups is 1. The highest BCUT2D eigenvalue weighted by molar-refractivity contribution is 5.93. The van der Waals surface area contributed by atoms with Gasteiger partial charge in [-0.05, 0) is 30.9 Å². The van der Waals surface area contributed by atoms with Gasteiger partial charge in [0, 0.05) is 19.8 Å². The molecule has 17 heavy (non-hydrogen) atoms. The van der Waals surface area contributed by atoms with Crippen LogP contribution in [0.2, 0.25) is 0 Å². The van der Waals surface area contributed by atoms with E-state index >= 15 is 0 Å². The monoisotopic (exact) mass is 236 g/mol. The van der Waals surface area contributed by atoms with Crippen molar-refractivity contribution >= 4 is 5.91 Å². The van der Waals surface area contributed by atoms with Crippen LogP contribution in [-0.2, 0) is 0 Å². The van der Waals surface area contributed by atoms with Crippen LogP contribution in [0.3, 0.4) is 0 Å². The van der Waals surface area contributed by atoms with E-state index in [9.17, 15) is 14.7 Å². The normalized spacial score (nSPS) is 22.9. The first-order chi connectivity index (χ1) is 8.08. The Morgan fingerprint density at radius 3 is 2.88 bits per heavy atom. The summed E-state index contributed by atoms with van der Waals surface area (Å²) in [6.07, 6.45) is 2.76. The maximum atomic E-state index is 12.0. The number of aliphatic hydroxyl groups excluding tert-OH is 1. The third kappa shape index (κ3) is 2.55. The maximum Gasteiger partial charge on any atom is 0.260 e. The van der Waals surface area contributed by atoms with Crippen molar-refractivity contribution in [2.75, 3.05) is 13.6 Å². The highest BCUT2D eigenvalue weighted by atomic mass is 16.3. The number of nitrogens with one attached hydrogen (secondary N) is 1. The van der Waals surface area contributed by atoms with Gasteiger partial charge < -0.3 is 15.0 Å². The van der Waals surface area contributed by atoms with Crippen molar-refractivity contribution in [3.05, 3.63) is 34.2 Å². The van der Waals surface area contributed by atoms with Crippen molar-refractivity contribution in [3.8, 4) is 0 Å². The molecule has 0 saturated heterocycles. The van der Waals surface area contributed by atoms with Crippen LogP contribution in [0.15, 0.2) is 23.1 Å². The van der Waals surface area contributed by atoms with Gasteiger partial charge in [0.25, 0.3) is 11.5 Å². The number of aromatic amines is 1. The van der Waals surface area contributed by atoms with E-state index < -0.39 is 0 Å². The van der Waals surface area contributed by atoms with Gasteiger partial charge in [-0.1, -0.05) is 0 Å². The standard InChI is InChI=1S/C12H16N2O3/c1-14(7-8-5-9(15)6-8)12(17)10-3-2-4-13-11(10)16/h2-4,8-9,15H,5-7H2,1H3,(H,13,16). The molecule has 0 bridgehead atoms. The Kier molecular flexibility index (Phi) is 3.28. The second kappa shape index (κ2) is 4.71. The second-order valence-electron chi connectivity index (χ2n) is 4.59. The van der Waals surface area contributed by atoms with E-state index in [1.165, 1.54) is 12.3 Å². The number of H-pyrrole nitrogens is 1. The Morgan fingerprint density at radius 1 is 1.59 bits per heavy atom. The van der Waals surface area contributed by atoms with Crippen LogP contribution in [0.5, 0.6) is 0 Å². The van der Waals surface area contributed by atoms with Crippen molar-refractivity contribution in [1.82, 2.24) is 9.88 Å². The molecule has 2 rings (SSSR count). The van der Waals surface area contributed by atoms with Gasteiger partial charge in [-0.3, -0.25) is 9.59 Å². The number of hydrogen-bond acceptors (Lipinski definition) is 3. The number of rotatable bonds is 3. The Hall–Kier alpha value is -1.62. The Labute approximate surface area is 99.1 Å². The van der Waals surface area contributed by atoms with E-state index in [2.05, 4.69) is 4.98 Å². The zero-order chi connectivity index (χ0) is 12.4. The molecule has 5 heteroatoms. The molecule has 0 aliphatic heterocycles. The number of pyridine rings is 1. The average molecular weight is 236 g/mol. The minimum absolute atomic E-state index is 0.162. The first-order valence-corrected chi connectivity index (χ1v) is 5.69. The summed E-state index contributed by atoms with van der Waals surface area (Å²) in [5.74, 6) is 0.0787. The van der Waals surface area contributed by atoms with Gasteiger partial charge in [0.2, 0.25) is 0 Å².